The summed E-state index contributed by atoms with van der Waals surface area (Å²) >= 11 is 1.39. The predicted octanol–water partition coefficient (Wildman–Crippen LogP) is 6.28. The zero-order valence-electron chi connectivity index (χ0n) is 17.1. The smallest absolute Gasteiger partial charge is 0.341 e. The number of thiophene rings is 1. The zero-order valence-corrected chi connectivity index (χ0v) is 17.9. The van der Waals surface area contributed by atoms with Crippen molar-refractivity contribution in [3.05, 3.63) is 76.2 Å². The molecule has 5 heteroatoms. The molecular weight excluding hydrogens is 382 g/mol. The summed E-state index contributed by atoms with van der Waals surface area (Å²) < 4.78 is 5.29. The highest BCUT2D eigenvalue weighted by molar-refractivity contribution is 7.17. The first kappa shape index (κ1) is 20.8. The van der Waals surface area contributed by atoms with Crippen molar-refractivity contribution in [1.29, 1.82) is 0 Å². The summed E-state index contributed by atoms with van der Waals surface area (Å²) in [6.07, 6.45) is 0. The third-order valence-electron chi connectivity index (χ3n) is 4.69. The molecule has 4 nitrogen and oxygen atoms in total. The third-order valence-corrected chi connectivity index (χ3v) is 5.71. The number of rotatable bonds is 6. The largest absolute Gasteiger partial charge is 0.462 e. The molecule has 0 saturated carbocycles. The minimum Gasteiger partial charge on any atom is -0.462 e. The second-order valence-corrected chi connectivity index (χ2v) is 8.28. The van der Waals surface area contributed by atoms with Gasteiger partial charge in [0.2, 0.25) is 0 Å². The third kappa shape index (κ3) is 4.57. The fourth-order valence-corrected chi connectivity index (χ4v) is 4.24. The van der Waals surface area contributed by atoms with Crippen LogP contribution in [0.3, 0.4) is 0 Å². The molecule has 150 valence electrons. The number of esters is 1. The second kappa shape index (κ2) is 9.05. The summed E-state index contributed by atoms with van der Waals surface area (Å²) in [7, 11) is 0. The molecule has 0 aliphatic rings. The number of aryl methyl sites for hydroxylation is 1. The van der Waals surface area contributed by atoms with Crippen LogP contribution in [-0.2, 0) is 4.74 Å². The highest BCUT2D eigenvalue weighted by atomic mass is 32.1. The van der Waals surface area contributed by atoms with E-state index in [0.717, 1.165) is 16.0 Å². The molecule has 2 aromatic carbocycles. The summed E-state index contributed by atoms with van der Waals surface area (Å²) in [6, 6.07) is 17.2. The Kier molecular flexibility index (Phi) is 6.49. The Balaban J connectivity index is 1.98. The Bertz CT molecular complexity index is 1000. The van der Waals surface area contributed by atoms with Crippen molar-refractivity contribution in [3.8, 4) is 11.1 Å². The maximum atomic E-state index is 12.8. The van der Waals surface area contributed by atoms with Gasteiger partial charge in [0.25, 0.3) is 5.91 Å². The van der Waals surface area contributed by atoms with Crippen molar-refractivity contribution in [2.24, 2.45) is 0 Å². The minimum atomic E-state index is -0.429. The van der Waals surface area contributed by atoms with Crippen LogP contribution < -0.4 is 5.32 Å². The van der Waals surface area contributed by atoms with Crippen LogP contribution in [0.5, 0.6) is 0 Å². The number of carbonyl (C=O) groups is 2. The van der Waals surface area contributed by atoms with E-state index in [0.29, 0.717) is 22.0 Å². The van der Waals surface area contributed by atoms with E-state index in [-0.39, 0.29) is 12.5 Å². The molecule has 1 aromatic heterocycles. The van der Waals surface area contributed by atoms with Crippen LogP contribution in [0.1, 0.15) is 57.8 Å². The topological polar surface area (TPSA) is 55.4 Å². The number of hydrogen-bond donors (Lipinski definition) is 1. The highest BCUT2D eigenvalue weighted by Crippen LogP contribution is 2.40. The Morgan fingerprint density at radius 1 is 1.03 bits per heavy atom. The molecule has 0 radical (unpaired) electrons. The van der Waals surface area contributed by atoms with Gasteiger partial charge in [-0.1, -0.05) is 56.3 Å². The van der Waals surface area contributed by atoms with Gasteiger partial charge < -0.3 is 10.1 Å². The van der Waals surface area contributed by atoms with Crippen LogP contribution in [0.15, 0.2) is 54.6 Å². The summed E-state index contributed by atoms with van der Waals surface area (Å²) in [5.41, 5.74) is 3.86. The molecule has 29 heavy (non-hydrogen) atoms. The first-order valence-electron chi connectivity index (χ1n) is 9.69. The molecule has 3 rings (SSSR count). The van der Waals surface area contributed by atoms with Crippen LogP contribution in [0.25, 0.3) is 11.1 Å². The van der Waals surface area contributed by atoms with Crippen molar-refractivity contribution >= 4 is 28.2 Å². The van der Waals surface area contributed by atoms with E-state index in [2.05, 4.69) is 19.2 Å². The fraction of sp³-hybridized carbons (Fsp3) is 0.250. The Hall–Kier alpha value is -2.92. The monoisotopic (exact) mass is 407 g/mol. The quantitative estimate of drug-likeness (QED) is 0.490. The van der Waals surface area contributed by atoms with Crippen LogP contribution in [0, 0.1) is 6.92 Å². The molecule has 0 bridgehead atoms. The van der Waals surface area contributed by atoms with Gasteiger partial charge in [-0.15, -0.1) is 11.3 Å². The standard InChI is InChI=1S/C24H25NO3S/c1-5-28-24(27)21-20(18-9-7-6-8-10-18)16(4)29-23(21)25-22(26)19-13-11-17(12-14-19)15(2)3/h6-15H,5H2,1-4H3,(H,25,26). The lowest BCUT2D eigenvalue weighted by Gasteiger charge is -2.10. The number of amides is 1. The average molecular weight is 408 g/mol. The van der Waals surface area contributed by atoms with Crippen molar-refractivity contribution in [3.63, 3.8) is 0 Å². The van der Waals surface area contributed by atoms with E-state index < -0.39 is 5.97 Å². The van der Waals surface area contributed by atoms with Gasteiger partial charge in [-0.2, -0.15) is 0 Å². The van der Waals surface area contributed by atoms with Gasteiger partial charge in [-0.25, -0.2) is 4.79 Å². The average Bonchev–Trinajstić information content (AvgIpc) is 3.04. The summed E-state index contributed by atoms with van der Waals surface area (Å²) in [5, 5.41) is 3.44. The number of benzene rings is 2. The SMILES string of the molecule is CCOC(=O)c1c(NC(=O)c2ccc(C(C)C)cc2)sc(C)c1-c1ccccc1. The summed E-state index contributed by atoms with van der Waals surface area (Å²) in [6.45, 7) is 8.21. The van der Waals surface area contributed by atoms with Gasteiger partial charge in [0.05, 0.1) is 6.61 Å². The van der Waals surface area contributed by atoms with E-state index >= 15 is 0 Å². The molecule has 0 saturated heterocycles. The number of anilines is 1. The fourth-order valence-electron chi connectivity index (χ4n) is 3.18. The Morgan fingerprint density at radius 2 is 1.69 bits per heavy atom. The summed E-state index contributed by atoms with van der Waals surface area (Å²) in [5.74, 6) is -0.274. The van der Waals surface area contributed by atoms with Crippen LogP contribution >= 0.6 is 11.3 Å². The molecule has 0 spiro atoms. The lowest BCUT2D eigenvalue weighted by atomic mass is 10.0. The highest BCUT2D eigenvalue weighted by Gasteiger charge is 2.25. The van der Waals surface area contributed by atoms with E-state index in [1.807, 2.05) is 61.5 Å². The van der Waals surface area contributed by atoms with Crippen LogP contribution in [-0.4, -0.2) is 18.5 Å². The molecule has 1 N–H and O–H groups in total. The van der Waals surface area contributed by atoms with E-state index in [4.69, 9.17) is 4.74 Å². The Morgan fingerprint density at radius 3 is 2.28 bits per heavy atom. The van der Waals surface area contributed by atoms with Crippen molar-refractivity contribution < 1.29 is 14.3 Å². The molecule has 0 fully saturated rings. The van der Waals surface area contributed by atoms with E-state index in [1.165, 1.54) is 16.9 Å². The van der Waals surface area contributed by atoms with Crippen LogP contribution in [0.2, 0.25) is 0 Å². The van der Waals surface area contributed by atoms with Crippen molar-refractivity contribution in [2.45, 2.75) is 33.6 Å². The van der Waals surface area contributed by atoms with Crippen molar-refractivity contribution in [2.75, 3.05) is 11.9 Å². The van der Waals surface area contributed by atoms with Gasteiger partial charge in [0.1, 0.15) is 10.6 Å². The number of ether oxygens (including phenoxy) is 1. The van der Waals surface area contributed by atoms with Gasteiger partial charge >= 0.3 is 5.97 Å². The normalized spacial score (nSPS) is 10.8. The van der Waals surface area contributed by atoms with Crippen LogP contribution in [0.4, 0.5) is 5.00 Å². The molecule has 3 aromatic rings. The maximum absolute atomic E-state index is 12.8. The maximum Gasteiger partial charge on any atom is 0.341 e. The molecule has 0 aliphatic carbocycles. The Labute approximate surface area is 175 Å². The van der Waals surface area contributed by atoms with Gasteiger partial charge in [-0.05, 0) is 43.0 Å². The predicted molar refractivity (Wildman–Crippen MR) is 119 cm³/mol. The number of carbonyl (C=O) groups excluding carboxylic acids is 2. The van der Waals surface area contributed by atoms with Gasteiger partial charge in [0, 0.05) is 16.0 Å². The van der Waals surface area contributed by atoms with Gasteiger partial charge in [0.15, 0.2) is 0 Å². The van der Waals surface area contributed by atoms with E-state index in [9.17, 15) is 9.59 Å². The molecule has 1 heterocycles. The second-order valence-electron chi connectivity index (χ2n) is 7.05. The summed E-state index contributed by atoms with van der Waals surface area (Å²) in [4.78, 5) is 26.5. The number of nitrogens with one attached hydrogen (secondary N) is 1. The van der Waals surface area contributed by atoms with E-state index in [1.54, 1.807) is 6.92 Å². The van der Waals surface area contributed by atoms with Gasteiger partial charge in [-0.3, -0.25) is 4.79 Å². The molecule has 1 amide bonds. The van der Waals surface area contributed by atoms with Crippen molar-refractivity contribution in [1.82, 2.24) is 0 Å². The minimum absolute atomic E-state index is 0.244. The molecule has 0 atom stereocenters. The first-order chi connectivity index (χ1) is 13.9. The number of hydrogen-bond acceptors (Lipinski definition) is 4. The first-order valence-corrected chi connectivity index (χ1v) is 10.5. The molecule has 0 unspecified atom stereocenters. The molecule has 0 aliphatic heterocycles. The molecular formula is C24H25NO3S. The lowest BCUT2D eigenvalue weighted by molar-refractivity contribution is 0.0529. The lowest BCUT2D eigenvalue weighted by Crippen LogP contribution is -2.15. The zero-order chi connectivity index (χ0) is 21.0.